The number of carbonyl (C=O) groups excluding carboxylic acids is 2. The van der Waals surface area contributed by atoms with Gasteiger partial charge in [0, 0.05) is 0 Å². The molecular weight excluding hydrogens is 256 g/mol. The number of amides is 2. The predicted octanol–water partition coefficient (Wildman–Crippen LogP) is -0.693. The number of H-pyrrole nitrogens is 1. The number of tetrazole rings is 1. The fourth-order valence-electron chi connectivity index (χ4n) is 1.15. The Balaban J connectivity index is 1.70. The Labute approximate surface area is 106 Å². The Kier molecular flexibility index (Phi) is 3.97. The van der Waals surface area contributed by atoms with Crippen molar-refractivity contribution in [3.8, 4) is 0 Å². The third kappa shape index (κ3) is 3.35. The summed E-state index contributed by atoms with van der Waals surface area (Å²) < 4.78 is 0. The number of hydrogen-bond acceptors (Lipinski definition) is 6. The molecule has 0 bridgehead atoms. The topological polar surface area (TPSA) is 113 Å². The Bertz CT molecular complexity index is 509. The number of thiophene rings is 1. The SMILES string of the molecule is O=C(CNC(=O)c1cccs1)NCc1nn[nH]n1. The summed E-state index contributed by atoms with van der Waals surface area (Å²) >= 11 is 1.32. The molecule has 0 fully saturated rings. The van der Waals surface area contributed by atoms with Gasteiger partial charge < -0.3 is 10.6 Å². The fraction of sp³-hybridized carbons (Fsp3) is 0.222. The predicted molar refractivity (Wildman–Crippen MR) is 62.7 cm³/mol. The highest BCUT2D eigenvalue weighted by molar-refractivity contribution is 7.12. The molecule has 0 aromatic carbocycles. The molecular formula is C9H10N6O2S. The van der Waals surface area contributed by atoms with E-state index in [4.69, 9.17) is 0 Å². The second-order valence-corrected chi connectivity index (χ2v) is 4.21. The summed E-state index contributed by atoms with van der Waals surface area (Å²) in [6.45, 7) is 0.0821. The van der Waals surface area contributed by atoms with Gasteiger partial charge in [-0.3, -0.25) is 9.59 Å². The minimum atomic E-state index is -0.315. The number of hydrogen-bond donors (Lipinski definition) is 3. The molecule has 8 nitrogen and oxygen atoms in total. The second-order valence-electron chi connectivity index (χ2n) is 3.26. The minimum absolute atomic E-state index is 0.0887. The van der Waals surface area contributed by atoms with Gasteiger partial charge in [0.2, 0.25) is 5.91 Å². The van der Waals surface area contributed by atoms with Gasteiger partial charge in [0.25, 0.3) is 5.91 Å². The van der Waals surface area contributed by atoms with Gasteiger partial charge in [-0.25, -0.2) is 0 Å². The van der Waals surface area contributed by atoms with E-state index in [9.17, 15) is 9.59 Å². The highest BCUT2D eigenvalue weighted by atomic mass is 32.1. The molecule has 94 valence electrons. The molecule has 2 rings (SSSR count). The summed E-state index contributed by atoms with van der Waals surface area (Å²) in [7, 11) is 0. The molecule has 9 heteroatoms. The Morgan fingerprint density at radius 2 is 2.28 bits per heavy atom. The number of aromatic amines is 1. The van der Waals surface area contributed by atoms with Gasteiger partial charge in [-0.15, -0.1) is 21.5 Å². The first-order valence-electron chi connectivity index (χ1n) is 5.06. The molecule has 0 radical (unpaired) electrons. The van der Waals surface area contributed by atoms with Gasteiger partial charge in [-0.2, -0.15) is 5.21 Å². The third-order valence-corrected chi connectivity index (χ3v) is 2.86. The van der Waals surface area contributed by atoms with Crippen LogP contribution >= 0.6 is 11.3 Å². The van der Waals surface area contributed by atoms with Crippen molar-refractivity contribution in [2.45, 2.75) is 6.54 Å². The highest BCUT2D eigenvalue weighted by Crippen LogP contribution is 2.07. The lowest BCUT2D eigenvalue weighted by atomic mass is 10.4. The van der Waals surface area contributed by atoms with Crippen molar-refractivity contribution < 1.29 is 9.59 Å². The average Bonchev–Trinajstić information content (AvgIpc) is 3.05. The molecule has 0 aliphatic carbocycles. The monoisotopic (exact) mass is 266 g/mol. The standard InChI is InChI=1S/C9H10N6O2S/c16-8(10-4-7-12-14-15-13-7)5-11-9(17)6-2-1-3-18-6/h1-3H,4-5H2,(H,10,16)(H,11,17)(H,12,13,14,15). The molecule has 3 N–H and O–H groups in total. The van der Waals surface area contributed by atoms with E-state index in [-0.39, 0.29) is 24.9 Å². The number of nitrogens with zero attached hydrogens (tertiary/aromatic N) is 3. The van der Waals surface area contributed by atoms with Gasteiger partial charge in [0.15, 0.2) is 5.82 Å². The molecule has 0 saturated carbocycles. The zero-order valence-corrected chi connectivity index (χ0v) is 10.0. The normalized spacial score (nSPS) is 10.0. The zero-order valence-electron chi connectivity index (χ0n) is 9.21. The Morgan fingerprint density at radius 3 is 2.94 bits per heavy atom. The van der Waals surface area contributed by atoms with E-state index >= 15 is 0 Å². The summed E-state index contributed by atoms with van der Waals surface area (Å²) in [4.78, 5) is 23.5. The molecule has 2 heterocycles. The number of aromatic nitrogens is 4. The molecule has 0 aliphatic heterocycles. The molecule has 2 aromatic heterocycles. The second kappa shape index (κ2) is 5.87. The highest BCUT2D eigenvalue weighted by Gasteiger charge is 2.08. The molecule has 2 amide bonds. The van der Waals surface area contributed by atoms with Crippen molar-refractivity contribution >= 4 is 23.2 Å². The van der Waals surface area contributed by atoms with Crippen LogP contribution in [0.1, 0.15) is 15.5 Å². The van der Waals surface area contributed by atoms with Gasteiger partial charge in [-0.1, -0.05) is 11.3 Å². The van der Waals surface area contributed by atoms with Crippen LogP contribution in [-0.2, 0) is 11.3 Å². The molecule has 0 aliphatic rings. The molecule has 0 spiro atoms. The van der Waals surface area contributed by atoms with Gasteiger partial charge in [0.1, 0.15) is 0 Å². The van der Waals surface area contributed by atoms with Crippen molar-refractivity contribution in [2.24, 2.45) is 0 Å². The van der Waals surface area contributed by atoms with E-state index in [0.29, 0.717) is 10.7 Å². The first-order valence-corrected chi connectivity index (χ1v) is 5.94. The summed E-state index contributed by atoms with van der Waals surface area (Å²) in [6, 6.07) is 3.47. The van der Waals surface area contributed by atoms with E-state index in [1.807, 2.05) is 0 Å². The van der Waals surface area contributed by atoms with E-state index in [1.54, 1.807) is 17.5 Å². The van der Waals surface area contributed by atoms with Crippen molar-refractivity contribution in [3.05, 3.63) is 28.2 Å². The van der Waals surface area contributed by atoms with Crippen LogP contribution < -0.4 is 10.6 Å². The lowest BCUT2D eigenvalue weighted by Gasteiger charge is -2.03. The average molecular weight is 266 g/mol. The number of rotatable bonds is 5. The Morgan fingerprint density at radius 1 is 1.39 bits per heavy atom. The molecule has 0 saturated heterocycles. The van der Waals surface area contributed by atoms with Crippen LogP contribution in [0.15, 0.2) is 17.5 Å². The summed E-state index contributed by atoms with van der Waals surface area (Å²) in [6.07, 6.45) is 0. The van der Waals surface area contributed by atoms with Crippen molar-refractivity contribution in [1.29, 1.82) is 0 Å². The molecule has 2 aromatic rings. The maximum Gasteiger partial charge on any atom is 0.261 e. The number of nitrogens with one attached hydrogen (secondary N) is 3. The molecule has 18 heavy (non-hydrogen) atoms. The fourth-order valence-corrected chi connectivity index (χ4v) is 1.79. The van der Waals surface area contributed by atoms with Crippen LogP contribution in [0.2, 0.25) is 0 Å². The zero-order chi connectivity index (χ0) is 12.8. The van der Waals surface area contributed by atoms with Crippen LogP contribution in [0.3, 0.4) is 0 Å². The van der Waals surface area contributed by atoms with E-state index in [0.717, 1.165) is 0 Å². The van der Waals surface area contributed by atoms with Crippen LogP contribution in [0.25, 0.3) is 0 Å². The van der Waals surface area contributed by atoms with E-state index in [2.05, 4.69) is 31.3 Å². The quantitative estimate of drug-likeness (QED) is 0.663. The van der Waals surface area contributed by atoms with Crippen LogP contribution in [0.5, 0.6) is 0 Å². The summed E-state index contributed by atoms with van der Waals surface area (Å²) in [5, 5.41) is 19.8. The lowest BCUT2D eigenvalue weighted by Crippen LogP contribution is -2.36. The first kappa shape index (κ1) is 12.2. The Hall–Kier alpha value is -2.29. The summed E-state index contributed by atoms with van der Waals surface area (Å²) in [5.41, 5.74) is 0. The van der Waals surface area contributed by atoms with Gasteiger partial charge >= 0.3 is 0 Å². The van der Waals surface area contributed by atoms with Gasteiger partial charge in [-0.05, 0) is 11.4 Å². The summed E-state index contributed by atoms with van der Waals surface area (Å²) in [5.74, 6) is -0.197. The van der Waals surface area contributed by atoms with Crippen LogP contribution in [0, 0.1) is 0 Å². The van der Waals surface area contributed by atoms with Gasteiger partial charge in [0.05, 0.1) is 18.0 Å². The minimum Gasteiger partial charge on any atom is -0.347 e. The van der Waals surface area contributed by atoms with Crippen LogP contribution in [-0.4, -0.2) is 39.0 Å². The lowest BCUT2D eigenvalue weighted by molar-refractivity contribution is -0.120. The van der Waals surface area contributed by atoms with Crippen molar-refractivity contribution in [2.75, 3.05) is 6.54 Å². The van der Waals surface area contributed by atoms with Crippen LogP contribution in [0.4, 0.5) is 0 Å². The largest absolute Gasteiger partial charge is 0.347 e. The van der Waals surface area contributed by atoms with E-state index in [1.165, 1.54) is 11.3 Å². The smallest absolute Gasteiger partial charge is 0.261 e. The van der Waals surface area contributed by atoms with Crippen molar-refractivity contribution in [3.63, 3.8) is 0 Å². The maximum absolute atomic E-state index is 11.5. The van der Waals surface area contributed by atoms with Crippen molar-refractivity contribution in [1.82, 2.24) is 31.3 Å². The third-order valence-electron chi connectivity index (χ3n) is 1.99. The molecule has 0 atom stereocenters. The first-order chi connectivity index (χ1) is 8.75. The number of carbonyl (C=O) groups is 2. The molecule has 0 unspecified atom stereocenters. The maximum atomic E-state index is 11.5. The van der Waals surface area contributed by atoms with E-state index < -0.39 is 0 Å².